The summed E-state index contributed by atoms with van der Waals surface area (Å²) in [5.74, 6) is 1.01. The maximum atomic E-state index is 14.5. The number of carbonyl (C=O) groups excluding carboxylic acids is 1. The van der Waals surface area contributed by atoms with Crippen molar-refractivity contribution in [2.45, 2.75) is 51.7 Å². The highest BCUT2D eigenvalue weighted by Gasteiger charge is 2.30. The highest BCUT2D eigenvalue weighted by Crippen LogP contribution is 2.36. The van der Waals surface area contributed by atoms with E-state index in [9.17, 15) is 9.18 Å². The van der Waals surface area contributed by atoms with Gasteiger partial charge in [0.15, 0.2) is 17.3 Å². The van der Waals surface area contributed by atoms with E-state index in [0.717, 1.165) is 19.4 Å². The van der Waals surface area contributed by atoms with E-state index in [1.165, 1.54) is 12.4 Å². The first-order valence-electron chi connectivity index (χ1n) is 12.3. The fourth-order valence-corrected chi connectivity index (χ4v) is 4.48. The third-order valence-electron chi connectivity index (χ3n) is 6.11. The topological polar surface area (TPSA) is 94.6 Å². The summed E-state index contributed by atoms with van der Waals surface area (Å²) < 4.78 is 31.7. The monoisotopic (exact) mass is 530 g/mol. The van der Waals surface area contributed by atoms with Gasteiger partial charge in [-0.2, -0.15) is 0 Å². The molecule has 0 aliphatic carbocycles. The van der Waals surface area contributed by atoms with Crippen molar-refractivity contribution in [3.05, 3.63) is 47.5 Å². The van der Waals surface area contributed by atoms with E-state index in [1.54, 1.807) is 31.4 Å². The molecular formula is C27H32ClFN4O4. The number of methoxy groups -OCH3 is 1. The second kappa shape index (κ2) is 11.5. The van der Waals surface area contributed by atoms with Crippen LogP contribution in [0, 0.1) is 11.7 Å². The van der Waals surface area contributed by atoms with Crippen LogP contribution >= 0.6 is 11.6 Å². The predicted molar refractivity (Wildman–Crippen MR) is 141 cm³/mol. The van der Waals surface area contributed by atoms with Gasteiger partial charge in [-0.05, 0) is 70.7 Å². The summed E-state index contributed by atoms with van der Waals surface area (Å²) in [5, 5.41) is 6.92. The fourth-order valence-electron chi connectivity index (χ4n) is 4.31. The Bertz CT molecular complexity index is 1270. The normalized spacial score (nSPS) is 17.9. The molecule has 8 nitrogen and oxygen atoms in total. The Kier molecular flexibility index (Phi) is 8.34. The number of hydrogen-bond acceptors (Lipinski definition) is 8. The van der Waals surface area contributed by atoms with Gasteiger partial charge in [0.2, 0.25) is 0 Å². The van der Waals surface area contributed by atoms with Gasteiger partial charge in [-0.1, -0.05) is 17.7 Å². The second-order valence-electron chi connectivity index (χ2n) is 10.0. The van der Waals surface area contributed by atoms with Crippen LogP contribution in [0.3, 0.4) is 0 Å². The molecule has 0 spiro atoms. The van der Waals surface area contributed by atoms with Crippen molar-refractivity contribution in [3.63, 3.8) is 0 Å². The quantitative estimate of drug-likeness (QED) is 0.361. The Balaban J connectivity index is 1.46. The maximum Gasteiger partial charge on any atom is 0.323 e. The molecule has 2 aromatic carbocycles. The van der Waals surface area contributed by atoms with Gasteiger partial charge in [0, 0.05) is 11.5 Å². The van der Waals surface area contributed by atoms with Crippen molar-refractivity contribution >= 4 is 40.0 Å². The molecule has 198 valence electrons. The maximum absolute atomic E-state index is 14.5. The predicted octanol–water partition coefficient (Wildman–Crippen LogP) is 5.65. The lowest BCUT2D eigenvalue weighted by atomic mass is 9.90. The Morgan fingerprint density at radius 2 is 2.05 bits per heavy atom. The van der Waals surface area contributed by atoms with Gasteiger partial charge < -0.3 is 24.8 Å². The van der Waals surface area contributed by atoms with Crippen LogP contribution in [0.2, 0.25) is 5.02 Å². The van der Waals surface area contributed by atoms with Crippen molar-refractivity contribution in [3.8, 4) is 11.5 Å². The summed E-state index contributed by atoms with van der Waals surface area (Å²) in [6, 6.07) is 7.95. The number of piperidine rings is 1. The molecule has 1 aliphatic heterocycles. The van der Waals surface area contributed by atoms with Gasteiger partial charge in [0.05, 0.1) is 29.9 Å². The number of nitrogens with zero attached hydrogens (tertiary/aromatic N) is 2. The fraction of sp³-hybridized carbons (Fsp3) is 0.444. The Labute approximate surface area is 220 Å². The number of rotatable bonds is 8. The number of hydrogen-bond donors (Lipinski definition) is 2. The standard InChI is InChI=1S/C27H32ClFN4O4/c1-27(2,3)37-26(34)21-12-16(8-10-30-21)9-11-36-23-13-17-20(14-22(23)35-4)31-15-32-25(17)33-19-7-5-6-18(28)24(19)29/h5-7,13-16,21,30H,8-12H2,1-4H3,(H,31,32,33). The average molecular weight is 531 g/mol. The lowest BCUT2D eigenvalue weighted by molar-refractivity contribution is -0.158. The molecule has 37 heavy (non-hydrogen) atoms. The van der Waals surface area contributed by atoms with Gasteiger partial charge >= 0.3 is 5.97 Å². The number of ether oxygens (including phenoxy) is 3. The molecule has 0 bridgehead atoms. The van der Waals surface area contributed by atoms with Crippen LogP contribution in [0.1, 0.15) is 40.0 Å². The molecular weight excluding hydrogens is 499 g/mol. The minimum absolute atomic E-state index is 0.0147. The summed E-state index contributed by atoms with van der Waals surface area (Å²) >= 11 is 5.92. The number of esters is 1. The lowest BCUT2D eigenvalue weighted by Gasteiger charge is -2.31. The third-order valence-corrected chi connectivity index (χ3v) is 6.40. The van der Waals surface area contributed by atoms with E-state index in [2.05, 4.69) is 20.6 Å². The molecule has 1 fully saturated rings. The minimum Gasteiger partial charge on any atom is -0.493 e. The molecule has 2 atom stereocenters. The Hall–Kier alpha value is -3.17. The van der Waals surface area contributed by atoms with Crippen LogP contribution in [-0.2, 0) is 9.53 Å². The van der Waals surface area contributed by atoms with Gasteiger partial charge in [-0.3, -0.25) is 4.79 Å². The summed E-state index contributed by atoms with van der Waals surface area (Å²) in [4.78, 5) is 21.1. The lowest BCUT2D eigenvalue weighted by Crippen LogP contribution is -2.46. The van der Waals surface area contributed by atoms with E-state index in [4.69, 9.17) is 25.8 Å². The van der Waals surface area contributed by atoms with Crippen molar-refractivity contribution in [1.82, 2.24) is 15.3 Å². The first-order valence-corrected chi connectivity index (χ1v) is 12.6. The summed E-state index contributed by atoms with van der Waals surface area (Å²) in [7, 11) is 1.56. The molecule has 1 aliphatic rings. The SMILES string of the molecule is COc1cc2ncnc(Nc3cccc(Cl)c3F)c2cc1OCCC1CCNC(C(=O)OC(C)(C)C)C1. The second-order valence-corrected chi connectivity index (χ2v) is 10.4. The van der Waals surface area contributed by atoms with E-state index >= 15 is 0 Å². The molecule has 10 heteroatoms. The zero-order valence-corrected chi connectivity index (χ0v) is 22.2. The van der Waals surface area contributed by atoms with Crippen molar-refractivity contribution in [2.24, 2.45) is 5.92 Å². The number of carbonyl (C=O) groups is 1. The number of halogens is 2. The molecule has 2 unspecified atom stereocenters. The van der Waals surface area contributed by atoms with Gasteiger partial charge in [-0.25, -0.2) is 14.4 Å². The smallest absolute Gasteiger partial charge is 0.323 e. The zero-order chi connectivity index (χ0) is 26.6. The number of nitrogens with one attached hydrogen (secondary N) is 2. The molecule has 2 N–H and O–H groups in total. The molecule has 0 amide bonds. The number of fused-ring (bicyclic) bond motifs is 1. The highest BCUT2D eigenvalue weighted by atomic mass is 35.5. The zero-order valence-electron chi connectivity index (χ0n) is 21.4. The van der Waals surface area contributed by atoms with Crippen molar-refractivity contribution in [1.29, 1.82) is 0 Å². The molecule has 0 radical (unpaired) electrons. The number of anilines is 2. The molecule has 1 saturated heterocycles. The van der Waals surface area contributed by atoms with Gasteiger partial charge in [0.1, 0.15) is 23.8 Å². The largest absolute Gasteiger partial charge is 0.493 e. The van der Waals surface area contributed by atoms with Gasteiger partial charge in [0.25, 0.3) is 0 Å². The first kappa shape index (κ1) is 26.9. The molecule has 3 aromatic rings. The summed E-state index contributed by atoms with van der Waals surface area (Å²) in [6.07, 6.45) is 3.81. The molecule has 1 aromatic heterocycles. The van der Waals surface area contributed by atoms with Crippen LogP contribution in [0.15, 0.2) is 36.7 Å². The number of aromatic nitrogens is 2. The van der Waals surface area contributed by atoms with Crippen LogP contribution in [0.5, 0.6) is 11.5 Å². The summed E-state index contributed by atoms with van der Waals surface area (Å²) in [5.41, 5.74) is 0.302. The van der Waals surface area contributed by atoms with E-state index in [1.807, 2.05) is 20.8 Å². The van der Waals surface area contributed by atoms with Crippen LogP contribution in [-0.4, -0.2) is 47.8 Å². The molecule has 0 saturated carbocycles. The molecule has 2 heterocycles. The van der Waals surface area contributed by atoms with Crippen LogP contribution in [0.4, 0.5) is 15.9 Å². The van der Waals surface area contributed by atoms with E-state index in [0.29, 0.717) is 47.2 Å². The Morgan fingerprint density at radius 1 is 1.24 bits per heavy atom. The van der Waals surface area contributed by atoms with Gasteiger partial charge in [-0.15, -0.1) is 0 Å². The Morgan fingerprint density at radius 3 is 2.81 bits per heavy atom. The first-order chi connectivity index (χ1) is 17.6. The molecule has 4 rings (SSSR count). The average Bonchev–Trinajstić information content (AvgIpc) is 2.86. The highest BCUT2D eigenvalue weighted by molar-refractivity contribution is 6.31. The van der Waals surface area contributed by atoms with E-state index < -0.39 is 11.4 Å². The summed E-state index contributed by atoms with van der Waals surface area (Å²) in [6.45, 7) is 6.79. The van der Waals surface area contributed by atoms with Crippen molar-refractivity contribution in [2.75, 3.05) is 25.6 Å². The van der Waals surface area contributed by atoms with Crippen LogP contribution in [0.25, 0.3) is 10.9 Å². The third kappa shape index (κ3) is 6.78. The minimum atomic E-state index is -0.562. The van der Waals surface area contributed by atoms with Crippen LogP contribution < -0.4 is 20.1 Å². The number of benzene rings is 2. The van der Waals surface area contributed by atoms with E-state index in [-0.39, 0.29) is 22.7 Å². The van der Waals surface area contributed by atoms with Crippen molar-refractivity contribution < 1.29 is 23.4 Å².